The molecule has 0 aliphatic rings. The van der Waals surface area contributed by atoms with Gasteiger partial charge in [0.1, 0.15) is 11.6 Å². The number of ether oxygens (including phenoxy) is 1. The Morgan fingerprint density at radius 2 is 1.72 bits per heavy atom. The second kappa shape index (κ2) is 8.52. The number of nitrogens with zero attached hydrogens (tertiary/aromatic N) is 2. The average molecular weight is 392 g/mol. The van der Waals surface area contributed by atoms with Gasteiger partial charge in [-0.15, -0.1) is 0 Å². The first kappa shape index (κ1) is 20.6. The molecule has 3 rings (SSSR count). The molecule has 0 fully saturated rings. The lowest BCUT2D eigenvalue weighted by Gasteiger charge is -2.20. The number of amides is 1. The van der Waals surface area contributed by atoms with Crippen LogP contribution in [0, 0.1) is 6.92 Å². The fourth-order valence-corrected chi connectivity index (χ4v) is 2.95. The monoisotopic (exact) mass is 391 g/mol. The lowest BCUT2D eigenvalue weighted by atomic mass is 9.87. The number of rotatable bonds is 6. The van der Waals surface area contributed by atoms with E-state index in [-0.39, 0.29) is 11.3 Å². The van der Waals surface area contributed by atoms with E-state index in [4.69, 9.17) is 4.74 Å². The van der Waals surface area contributed by atoms with E-state index in [1.807, 2.05) is 24.3 Å². The highest BCUT2D eigenvalue weighted by atomic mass is 16.5. The summed E-state index contributed by atoms with van der Waals surface area (Å²) in [5.41, 5.74) is 3.64. The molecular formula is C24H29N3O2. The standard InChI is InChI=1S/C24H29N3O2/c1-17-6-8-19(9-7-17)16-27-22(14-15-25-27)26-23(28)18(2)29-21-12-10-20(11-13-21)24(3,4)5/h6-15,18H,16H2,1-5H3,(H,26,28)/t18-/m0/s1. The van der Waals surface area contributed by atoms with Crippen LogP contribution in [-0.2, 0) is 16.8 Å². The lowest BCUT2D eigenvalue weighted by molar-refractivity contribution is -0.122. The van der Waals surface area contributed by atoms with Crippen molar-refractivity contribution < 1.29 is 9.53 Å². The molecule has 152 valence electrons. The predicted molar refractivity (Wildman–Crippen MR) is 116 cm³/mol. The van der Waals surface area contributed by atoms with Crippen molar-refractivity contribution in [3.05, 3.63) is 77.5 Å². The molecule has 5 heteroatoms. The fraction of sp³-hybridized carbons (Fsp3) is 0.333. The van der Waals surface area contributed by atoms with Crippen molar-refractivity contribution in [2.45, 2.75) is 52.7 Å². The molecule has 0 saturated heterocycles. The van der Waals surface area contributed by atoms with Crippen LogP contribution in [0.25, 0.3) is 0 Å². The molecule has 0 aliphatic heterocycles. The molecular weight excluding hydrogens is 362 g/mol. The summed E-state index contributed by atoms with van der Waals surface area (Å²) in [5.74, 6) is 1.11. The van der Waals surface area contributed by atoms with Crippen LogP contribution in [0.5, 0.6) is 5.75 Å². The molecule has 0 bridgehead atoms. The first-order chi connectivity index (χ1) is 13.7. The third kappa shape index (κ3) is 5.47. The van der Waals surface area contributed by atoms with Crippen LogP contribution < -0.4 is 10.1 Å². The highest BCUT2D eigenvalue weighted by Crippen LogP contribution is 2.24. The van der Waals surface area contributed by atoms with Gasteiger partial charge < -0.3 is 10.1 Å². The Bertz CT molecular complexity index is 951. The van der Waals surface area contributed by atoms with Crippen LogP contribution >= 0.6 is 0 Å². The van der Waals surface area contributed by atoms with E-state index in [9.17, 15) is 4.79 Å². The van der Waals surface area contributed by atoms with Crippen molar-refractivity contribution in [1.29, 1.82) is 0 Å². The van der Waals surface area contributed by atoms with Gasteiger partial charge in [-0.2, -0.15) is 5.10 Å². The molecule has 0 saturated carbocycles. The molecule has 1 amide bonds. The van der Waals surface area contributed by atoms with Crippen molar-refractivity contribution in [2.24, 2.45) is 0 Å². The molecule has 1 heterocycles. The second-order valence-corrected chi connectivity index (χ2v) is 8.38. The molecule has 2 aromatic carbocycles. The molecule has 0 radical (unpaired) electrons. The number of hydrogen-bond donors (Lipinski definition) is 1. The largest absolute Gasteiger partial charge is 0.481 e. The Labute approximate surface area is 172 Å². The van der Waals surface area contributed by atoms with Crippen molar-refractivity contribution in [3.8, 4) is 5.75 Å². The van der Waals surface area contributed by atoms with Gasteiger partial charge in [-0.3, -0.25) is 4.79 Å². The van der Waals surface area contributed by atoms with Gasteiger partial charge in [-0.25, -0.2) is 4.68 Å². The summed E-state index contributed by atoms with van der Waals surface area (Å²) < 4.78 is 7.59. The third-order valence-corrected chi connectivity index (χ3v) is 4.82. The minimum absolute atomic E-state index is 0.0807. The summed E-state index contributed by atoms with van der Waals surface area (Å²) >= 11 is 0. The highest BCUT2D eigenvalue weighted by Gasteiger charge is 2.18. The van der Waals surface area contributed by atoms with E-state index in [0.29, 0.717) is 18.1 Å². The number of benzene rings is 2. The summed E-state index contributed by atoms with van der Waals surface area (Å²) in [4.78, 5) is 12.6. The normalized spacial score (nSPS) is 12.4. The molecule has 1 atom stereocenters. The number of hydrogen-bond acceptors (Lipinski definition) is 3. The Kier molecular flexibility index (Phi) is 6.06. The van der Waals surface area contributed by atoms with E-state index in [0.717, 1.165) is 5.56 Å². The molecule has 0 unspecified atom stereocenters. The summed E-state index contributed by atoms with van der Waals surface area (Å²) in [6.07, 6.45) is 1.05. The maximum Gasteiger partial charge on any atom is 0.266 e. The smallest absolute Gasteiger partial charge is 0.266 e. The number of anilines is 1. The van der Waals surface area contributed by atoms with Gasteiger partial charge in [0.05, 0.1) is 12.7 Å². The van der Waals surface area contributed by atoms with E-state index in [1.165, 1.54) is 11.1 Å². The summed E-state index contributed by atoms with van der Waals surface area (Å²) in [5, 5.41) is 7.24. The predicted octanol–water partition coefficient (Wildman–Crippen LogP) is 4.94. The van der Waals surface area contributed by atoms with Crippen molar-refractivity contribution in [2.75, 3.05) is 5.32 Å². The van der Waals surface area contributed by atoms with Gasteiger partial charge in [0.2, 0.25) is 0 Å². The number of carbonyl (C=O) groups excluding carboxylic acids is 1. The van der Waals surface area contributed by atoms with E-state index >= 15 is 0 Å². The topological polar surface area (TPSA) is 56.2 Å². The first-order valence-electron chi connectivity index (χ1n) is 9.88. The first-order valence-corrected chi connectivity index (χ1v) is 9.88. The van der Waals surface area contributed by atoms with Gasteiger partial charge in [-0.05, 0) is 42.5 Å². The van der Waals surface area contributed by atoms with Crippen molar-refractivity contribution in [1.82, 2.24) is 9.78 Å². The molecule has 3 aromatic rings. The molecule has 0 aliphatic carbocycles. The molecule has 5 nitrogen and oxygen atoms in total. The number of aromatic nitrogens is 2. The Morgan fingerprint density at radius 1 is 1.07 bits per heavy atom. The van der Waals surface area contributed by atoms with Gasteiger partial charge in [0, 0.05) is 6.07 Å². The highest BCUT2D eigenvalue weighted by molar-refractivity contribution is 5.93. The Hall–Kier alpha value is -3.08. The Morgan fingerprint density at radius 3 is 2.34 bits per heavy atom. The number of carbonyl (C=O) groups is 1. The molecule has 0 spiro atoms. The number of nitrogens with one attached hydrogen (secondary N) is 1. The van der Waals surface area contributed by atoms with E-state index in [1.54, 1.807) is 23.9 Å². The van der Waals surface area contributed by atoms with E-state index < -0.39 is 6.10 Å². The van der Waals surface area contributed by atoms with Gasteiger partial charge in [0.15, 0.2) is 6.10 Å². The van der Waals surface area contributed by atoms with Crippen LogP contribution in [0.1, 0.15) is 44.4 Å². The summed E-state index contributed by atoms with van der Waals surface area (Å²) in [6, 6.07) is 17.9. The van der Waals surface area contributed by atoms with Gasteiger partial charge in [0.25, 0.3) is 5.91 Å². The van der Waals surface area contributed by atoms with Crippen LogP contribution in [-0.4, -0.2) is 21.8 Å². The Balaban J connectivity index is 1.61. The quantitative estimate of drug-likeness (QED) is 0.647. The number of aryl methyl sites for hydroxylation is 1. The van der Waals surface area contributed by atoms with Crippen molar-refractivity contribution in [3.63, 3.8) is 0 Å². The minimum atomic E-state index is -0.627. The maximum absolute atomic E-state index is 12.6. The summed E-state index contributed by atoms with van der Waals surface area (Å²) in [6.45, 7) is 10.9. The zero-order valence-electron chi connectivity index (χ0n) is 17.8. The minimum Gasteiger partial charge on any atom is -0.481 e. The zero-order chi connectivity index (χ0) is 21.0. The zero-order valence-corrected chi connectivity index (χ0v) is 17.8. The lowest BCUT2D eigenvalue weighted by Crippen LogP contribution is -2.31. The SMILES string of the molecule is Cc1ccc(Cn2nccc2NC(=O)[C@H](C)Oc2ccc(C(C)(C)C)cc2)cc1. The molecule has 1 N–H and O–H groups in total. The van der Waals surface area contributed by atoms with Crippen LogP contribution in [0.2, 0.25) is 0 Å². The fourth-order valence-electron chi connectivity index (χ4n) is 2.95. The maximum atomic E-state index is 12.6. The van der Waals surface area contributed by atoms with Crippen molar-refractivity contribution >= 4 is 11.7 Å². The van der Waals surface area contributed by atoms with Gasteiger partial charge >= 0.3 is 0 Å². The summed E-state index contributed by atoms with van der Waals surface area (Å²) in [7, 11) is 0. The van der Waals surface area contributed by atoms with Crippen LogP contribution in [0.3, 0.4) is 0 Å². The van der Waals surface area contributed by atoms with Crippen LogP contribution in [0.15, 0.2) is 60.8 Å². The van der Waals surface area contributed by atoms with Gasteiger partial charge in [-0.1, -0.05) is 62.7 Å². The third-order valence-electron chi connectivity index (χ3n) is 4.82. The second-order valence-electron chi connectivity index (χ2n) is 8.38. The average Bonchev–Trinajstić information content (AvgIpc) is 3.10. The molecule has 1 aromatic heterocycles. The molecule has 29 heavy (non-hydrogen) atoms. The van der Waals surface area contributed by atoms with E-state index in [2.05, 4.69) is 62.4 Å². The van der Waals surface area contributed by atoms with Crippen LogP contribution in [0.4, 0.5) is 5.82 Å².